The Labute approximate surface area is 203 Å². The van der Waals surface area contributed by atoms with Crippen LogP contribution in [0.1, 0.15) is 69.9 Å². The van der Waals surface area contributed by atoms with Crippen molar-refractivity contribution in [2.45, 2.75) is 72.3 Å². The molecule has 1 aliphatic rings. The highest BCUT2D eigenvalue weighted by molar-refractivity contribution is 5.93. The van der Waals surface area contributed by atoms with Gasteiger partial charge in [-0.1, -0.05) is 50.8 Å². The number of carbonyl (C=O) groups excluding carboxylic acids is 1. The second-order valence-electron chi connectivity index (χ2n) is 8.57. The fourth-order valence-corrected chi connectivity index (χ4v) is 4.31. The molecule has 1 amide bonds. The third-order valence-corrected chi connectivity index (χ3v) is 6.12. The van der Waals surface area contributed by atoms with Crippen LogP contribution < -0.4 is 10.1 Å². The van der Waals surface area contributed by atoms with E-state index in [0.717, 1.165) is 78.8 Å². The molecule has 2 aromatic rings. The van der Waals surface area contributed by atoms with Gasteiger partial charge >= 0.3 is 0 Å². The molecule has 1 fully saturated rings. The van der Waals surface area contributed by atoms with E-state index in [9.17, 15) is 4.79 Å². The van der Waals surface area contributed by atoms with Crippen molar-refractivity contribution in [3.8, 4) is 16.9 Å². The standard InChI is InChI=1S/C27H37NO3.CH2O2/c1-4-6-17-30-19-22-18-23(28-27(29)21-11-8-7-9-12-21)15-16-25(22)24-13-10-14-26(20(24)3)31-5-2;2-1-3/h10,13-16,18,21H,4-9,11-12,17,19H2,1-3H3,(H,28,29);1H,(H,2,3). The van der Waals surface area contributed by atoms with E-state index in [1.54, 1.807) is 0 Å². The van der Waals surface area contributed by atoms with Crippen molar-refractivity contribution in [3.05, 3.63) is 47.5 Å². The highest BCUT2D eigenvalue weighted by atomic mass is 16.5. The van der Waals surface area contributed by atoms with Crippen molar-refractivity contribution in [2.75, 3.05) is 18.5 Å². The number of carboxylic acid groups (broad SMARTS) is 1. The van der Waals surface area contributed by atoms with Gasteiger partial charge < -0.3 is 19.9 Å². The van der Waals surface area contributed by atoms with Gasteiger partial charge in [0, 0.05) is 18.2 Å². The van der Waals surface area contributed by atoms with Gasteiger partial charge in [0.15, 0.2) is 0 Å². The molecule has 0 atom stereocenters. The lowest BCUT2D eigenvalue weighted by Gasteiger charge is -2.21. The van der Waals surface area contributed by atoms with Gasteiger partial charge in [0.2, 0.25) is 5.91 Å². The van der Waals surface area contributed by atoms with Gasteiger partial charge in [-0.2, -0.15) is 0 Å². The van der Waals surface area contributed by atoms with Crippen LogP contribution in [0.3, 0.4) is 0 Å². The zero-order valence-corrected chi connectivity index (χ0v) is 20.8. The number of carbonyl (C=O) groups is 2. The monoisotopic (exact) mass is 469 g/mol. The fraction of sp³-hybridized carbons (Fsp3) is 0.500. The number of rotatable bonds is 10. The van der Waals surface area contributed by atoms with E-state index in [1.165, 1.54) is 6.42 Å². The lowest BCUT2D eigenvalue weighted by Crippen LogP contribution is -2.24. The highest BCUT2D eigenvalue weighted by Gasteiger charge is 2.21. The summed E-state index contributed by atoms with van der Waals surface area (Å²) in [6.45, 7) is 7.93. The van der Waals surface area contributed by atoms with Gasteiger partial charge in [-0.15, -0.1) is 0 Å². The molecule has 0 radical (unpaired) electrons. The minimum Gasteiger partial charge on any atom is -0.494 e. The van der Waals surface area contributed by atoms with Crippen molar-refractivity contribution in [1.29, 1.82) is 0 Å². The molecule has 3 rings (SSSR count). The fourth-order valence-electron chi connectivity index (χ4n) is 4.31. The zero-order chi connectivity index (χ0) is 24.8. The SMILES string of the molecule is CCCCOCc1cc(NC(=O)C2CCCCC2)ccc1-c1cccc(OCC)c1C.O=CO. The number of hydrogen-bond acceptors (Lipinski definition) is 4. The van der Waals surface area contributed by atoms with E-state index in [-0.39, 0.29) is 18.3 Å². The molecular weight excluding hydrogens is 430 g/mol. The smallest absolute Gasteiger partial charge is 0.290 e. The van der Waals surface area contributed by atoms with Crippen LogP contribution in [0.4, 0.5) is 5.69 Å². The molecular formula is C28H39NO5. The Morgan fingerprint density at radius 2 is 1.85 bits per heavy atom. The largest absolute Gasteiger partial charge is 0.494 e. The number of unbranched alkanes of at least 4 members (excludes halogenated alkanes) is 1. The Bertz CT molecular complexity index is 906. The maximum Gasteiger partial charge on any atom is 0.290 e. The normalized spacial score (nSPS) is 13.5. The summed E-state index contributed by atoms with van der Waals surface area (Å²) >= 11 is 0. The summed E-state index contributed by atoms with van der Waals surface area (Å²) in [4.78, 5) is 21.1. The summed E-state index contributed by atoms with van der Waals surface area (Å²) in [7, 11) is 0. The number of benzene rings is 2. The molecule has 0 saturated heterocycles. The maximum absolute atomic E-state index is 12.7. The topological polar surface area (TPSA) is 84.9 Å². The molecule has 0 bridgehead atoms. The van der Waals surface area contributed by atoms with E-state index >= 15 is 0 Å². The van der Waals surface area contributed by atoms with Crippen molar-refractivity contribution in [1.82, 2.24) is 0 Å². The van der Waals surface area contributed by atoms with Gasteiger partial charge in [-0.05, 0) is 73.6 Å². The summed E-state index contributed by atoms with van der Waals surface area (Å²) in [6, 6.07) is 12.4. The molecule has 0 spiro atoms. The molecule has 186 valence electrons. The number of anilines is 1. The first-order valence-electron chi connectivity index (χ1n) is 12.4. The first-order valence-corrected chi connectivity index (χ1v) is 12.4. The van der Waals surface area contributed by atoms with E-state index in [0.29, 0.717) is 13.2 Å². The second-order valence-corrected chi connectivity index (χ2v) is 8.57. The molecule has 1 aliphatic carbocycles. The molecule has 0 aromatic heterocycles. The molecule has 34 heavy (non-hydrogen) atoms. The van der Waals surface area contributed by atoms with Crippen molar-refractivity contribution >= 4 is 18.1 Å². The predicted molar refractivity (Wildman–Crippen MR) is 136 cm³/mol. The summed E-state index contributed by atoms with van der Waals surface area (Å²) < 4.78 is 11.8. The van der Waals surface area contributed by atoms with E-state index < -0.39 is 0 Å². The Balaban J connectivity index is 0.00000129. The van der Waals surface area contributed by atoms with Crippen LogP contribution in [0, 0.1) is 12.8 Å². The molecule has 1 saturated carbocycles. The Morgan fingerprint density at radius 3 is 2.53 bits per heavy atom. The van der Waals surface area contributed by atoms with E-state index in [2.05, 4.69) is 37.4 Å². The summed E-state index contributed by atoms with van der Waals surface area (Å²) in [6.07, 6.45) is 7.72. The molecule has 6 nitrogen and oxygen atoms in total. The van der Waals surface area contributed by atoms with Crippen LogP contribution in [0.5, 0.6) is 5.75 Å². The van der Waals surface area contributed by atoms with Gasteiger partial charge in [0.05, 0.1) is 13.2 Å². The summed E-state index contributed by atoms with van der Waals surface area (Å²) in [5, 5.41) is 10.0. The van der Waals surface area contributed by atoms with E-state index in [1.807, 2.05) is 25.1 Å². The lowest BCUT2D eigenvalue weighted by molar-refractivity contribution is -0.123. The molecule has 0 unspecified atom stereocenters. The number of ether oxygens (including phenoxy) is 2. The first-order chi connectivity index (χ1) is 16.5. The van der Waals surface area contributed by atoms with Crippen LogP contribution >= 0.6 is 0 Å². The lowest BCUT2D eigenvalue weighted by atomic mass is 9.88. The third-order valence-electron chi connectivity index (χ3n) is 6.12. The quantitative estimate of drug-likeness (QED) is 0.303. The van der Waals surface area contributed by atoms with Crippen LogP contribution in [0.2, 0.25) is 0 Å². The Morgan fingerprint density at radius 1 is 1.12 bits per heavy atom. The molecule has 0 aliphatic heterocycles. The van der Waals surface area contributed by atoms with Crippen LogP contribution in [0.15, 0.2) is 36.4 Å². The zero-order valence-electron chi connectivity index (χ0n) is 20.8. The highest BCUT2D eigenvalue weighted by Crippen LogP contribution is 2.34. The van der Waals surface area contributed by atoms with Gasteiger partial charge in [-0.3, -0.25) is 9.59 Å². The van der Waals surface area contributed by atoms with Gasteiger partial charge in [-0.25, -0.2) is 0 Å². The number of nitrogens with one attached hydrogen (secondary N) is 1. The predicted octanol–water partition coefficient (Wildman–Crippen LogP) is 6.60. The van der Waals surface area contributed by atoms with Crippen molar-refractivity contribution in [3.63, 3.8) is 0 Å². The minimum absolute atomic E-state index is 0.141. The Hall–Kier alpha value is -2.86. The van der Waals surface area contributed by atoms with E-state index in [4.69, 9.17) is 19.4 Å². The average Bonchev–Trinajstić information content (AvgIpc) is 2.85. The summed E-state index contributed by atoms with van der Waals surface area (Å²) in [5.41, 5.74) is 5.34. The number of amides is 1. The molecule has 0 heterocycles. The van der Waals surface area contributed by atoms with Crippen molar-refractivity contribution < 1.29 is 24.2 Å². The van der Waals surface area contributed by atoms with Crippen LogP contribution in [0.25, 0.3) is 11.1 Å². The summed E-state index contributed by atoms with van der Waals surface area (Å²) in [5.74, 6) is 1.20. The van der Waals surface area contributed by atoms with Crippen LogP contribution in [-0.4, -0.2) is 30.7 Å². The van der Waals surface area contributed by atoms with Gasteiger partial charge in [0.25, 0.3) is 6.47 Å². The van der Waals surface area contributed by atoms with Crippen molar-refractivity contribution in [2.24, 2.45) is 5.92 Å². The third kappa shape index (κ3) is 8.17. The van der Waals surface area contributed by atoms with Crippen LogP contribution in [-0.2, 0) is 20.9 Å². The average molecular weight is 470 g/mol. The first kappa shape index (κ1) is 27.4. The van der Waals surface area contributed by atoms with Gasteiger partial charge in [0.1, 0.15) is 5.75 Å². The Kier molecular flexibility index (Phi) is 12.2. The minimum atomic E-state index is -0.250. The number of hydrogen-bond donors (Lipinski definition) is 2. The molecule has 2 N–H and O–H groups in total. The molecule has 6 heteroatoms. The second kappa shape index (κ2) is 15.1. The molecule has 2 aromatic carbocycles. The maximum atomic E-state index is 12.7.